The Kier molecular flexibility index (Phi) is 4.04. The van der Waals surface area contributed by atoms with Crippen molar-refractivity contribution >= 4 is 0 Å². The van der Waals surface area contributed by atoms with Gasteiger partial charge in [-0.1, -0.05) is 6.92 Å². The van der Waals surface area contributed by atoms with Gasteiger partial charge in [-0.25, -0.2) is 0 Å². The van der Waals surface area contributed by atoms with Crippen molar-refractivity contribution in [1.82, 2.24) is 0 Å². The van der Waals surface area contributed by atoms with Crippen LogP contribution in [0.4, 0.5) is 0 Å². The average molecular weight is 103 g/mol. The van der Waals surface area contributed by atoms with Crippen LogP contribution in [0.3, 0.4) is 0 Å². The Morgan fingerprint density at radius 1 is 1.71 bits per heavy atom. The van der Waals surface area contributed by atoms with E-state index in [1.54, 1.807) is 0 Å². The number of rotatable bonds is 3. The maximum Gasteiger partial charge on any atom is 0.0471 e. The Labute approximate surface area is 44.3 Å². The minimum Gasteiger partial charge on any atom is -0.396 e. The molecule has 2 nitrogen and oxygen atoms in total. The van der Waals surface area contributed by atoms with Crippen molar-refractivity contribution in [3.63, 3.8) is 0 Å². The summed E-state index contributed by atoms with van der Waals surface area (Å²) in [6.07, 6.45) is 0.979. The second-order valence-corrected chi connectivity index (χ2v) is 1.69. The summed E-state index contributed by atoms with van der Waals surface area (Å²) in [6.45, 7) is 2.85. The fourth-order valence-electron chi connectivity index (χ4n) is 0.370. The maximum atomic E-state index is 8.45. The lowest BCUT2D eigenvalue weighted by Crippen LogP contribution is -2.16. The molecule has 0 heterocycles. The Morgan fingerprint density at radius 2 is 2.29 bits per heavy atom. The fraction of sp³-hybridized carbons (Fsp3) is 1.00. The monoisotopic (exact) mass is 103 g/mol. The van der Waals surface area contributed by atoms with Crippen molar-refractivity contribution in [3.05, 3.63) is 0 Å². The zero-order valence-electron chi connectivity index (χ0n) is 4.72. The molecule has 0 saturated carbocycles. The van der Waals surface area contributed by atoms with E-state index in [1.807, 2.05) is 6.92 Å². The van der Waals surface area contributed by atoms with Crippen molar-refractivity contribution in [2.24, 2.45) is 11.7 Å². The molecule has 0 aliphatic rings. The molecule has 1 atom stereocenters. The topological polar surface area (TPSA) is 46.2 Å². The summed E-state index contributed by atoms with van der Waals surface area (Å²) < 4.78 is 0. The summed E-state index contributed by atoms with van der Waals surface area (Å²) in [5, 5.41) is 8.45. The van der Waals surface area contributed by atoms with E-state index in [9.17, 15) is 0 Å². The van der Waals surface area contributed by atoms with Crippen LogP contribution in [-0.4, -0.2) is 18.3 Å². The van der Waals surface area contributed by atoms with Gasteiger partial charge in [0, 0.05) is 6.61 Å². The molecule has 0 rings (SSSR count). The van der Waals surface area contributed by atoms with E-state index in [4.69, 9.17) is 10.8 Å². The SMILES string of the molecule is CCC(CN)CO. The summed E-state index contributed by atoms with van der Waals surface area (Å²) in [5.74, 6) is 0.319. The molecule has 3 N–H and O–H groups in total. The first kappa shape index (κ1) is 6.92. The van der Waals surface area contributed by atoms with Crippen molar-refractivity contribution in [2.45, 2.75) is 13.3 Å². The van der Waals surface area contributed by atoms with Crippen LogP contribution in [0, 0.1) is 5.92 Å². The molecular weight excluding hydrogens is 90.1 g/mol. The highest BCUT2D eigenvalue weighted by molar-refractivity contribution is 4.52. The predicted molar refractivity (Wildman–Crippen MR) is 29.9 cm³/mol. The van der Waals surface area contributed by atoms with E-state index in [0.29, 0.717) is 12.5 Å². The van der Waals surface area contributed by atoms with Gasteiger partial charge >= 0.3 is 0 Å². The van der Waals surface area contributed by atoms with Gasteiger partial charge in [0.1, 0.15) is 0 Å². The summed E-state index contributed by atoms with van der Waals surface area (Å²) in [7, 11) is 0. The Hall–Kier alpha value is -0.0800. The first-order valence-corrected chi connectivity index (χ1v) is 2.66. The summed E-state index contributed by atoms with van der Waals surface area (Å²) in [4.78, 5) is 0. The van der Waals surface area contributed by atoms with Gasteiger partial charge in [-0.2, -0.15) is 0 Å². The third-order valence-corrected chi connectivity index (χ3v) is 1.17. The lowest BCUT2D eigenvalue weighted by Gasteiger charge is -2.04. The van der Waals surface area contributed by atoms with Gasteiger partial charge in [0.2, 0.25) is 0 Å². The van der Waals surface area contributed by atoms with Crippen LogP contribution in [-0.2, 0) is 0 Å². The van der Waals surface area contributed by atoms with Crippen LogP contribution in [0.25, 0.3) is 0 Å². The highest BCUT2D eigenvalue weighted by atomic mass is 16.3. The Balaban J connectivity index is 2.99. The average Bonchev–Trinajstić information content (AvgIpc) is 1.72. The summed E-state index contributed by atoms with van der Waals surface area (Å²) >= 11 is 0. The minimum absolute atomic E-state index is 0.229. The molecule has 0 aromatic heterocycles. The molecule has 44 valence electrons. The van der Waals surface area contributed by atoms with Crippen LogP contribution in [0.2, 0.25) is 0 Å². The number of aliphatic hydroxyl groups is 1. The van der Waals surface area contributed by atoms with E-state index in [1.165, 1.54) is 0 Å². The first-order chi connectivity index (χ1) is 3.35. The van der Waals surface area contributed by atoms with Crippen LogP contribution < -0.4 is 5.73 Å². The van der Waals surface area contributed by atoms with Gasteiger partial charge in [-0.05, 0) is 18.9 Å². The van der Waals surface area contributed by atoms with Gasteiger partial charge in [0.25, 0.3) is 0 Å². The van der Waals surface area contributed by atoms with Gasteiger partial charge in [0.05, 0.1) is 0 Å². The van der Waals surface area contributed by atoms with Crippen LogP contribution >= 0.6 is 0 Å². The zero-order chi connectivity index (χ0) is 5.70. The molecular formula is C5H13NO. The van der Waals surface area contributed by atoms with Crippen molar-refractivity contribution in [2.75, 3.05) is 13.2 Å². The molecule has 0 aliphatic heterocycles. The van der Waals surface area contributed by atoms with E-state index in [2.05, 4.69) is 0 Å². The standard InChI is InChI=1S/C5H13NO/c1-2-5(3-6)4-7/h5,7H,2-4,6H2,1H3. The number of hydrogen-bond donors (Lipinski definition) is 2. The quantitative estimate of drug-likeness (QED) is 0.526. The normalized spacial score (nSPS) is 14.1. The summed E-state index contributed by atoms with van der Waals surface area (Å²) in [5.41, 5.74) is 5.23. The molecule has 0 bridgehead atoms. The maximum absolute atomic E-state index is 8.45. The Bertz CT molecular complexity index is 29.6. The highest BCUT2D eigenvalue weighted by Crippen LogP contribution is 1.95. The first-order valence-electron chi connectivity index (χ1n) is 2.66. The van der Waals surface area contributed by atoms with E-state index < -0.39 is 0 Å². The van der Waals surface area contributed by atoms with Crippen LogP contribution in [0.1, 0.15) is 13.3 Å². The molecule has 0 aliphatic carbocycles. The molecule has 1 unspecified atom stereocenters. The molecule has 0 aromatic carbocycles. The molecule has 0 aromatic rings. The van der Waals surface area contributed by atoms with E-state index in [0.717, 1.165) is 6.42 Å². The fourth-order valence-corrected chi connectivity index (χ4v) is 0.370. The van der Waals surface area contributed by atoms with Gasteiger partial charge in [-0.15, -0.1) is 0 Å². The third kappa shape index (κ3) is 2.60. The lowest BCUT2D eigenvalue weighted by molar-refractivity contribution is 0.227. The second-order valence-electron chi connectivity index (χ2n) is 1.69. The largest absolute Gasteiger partial charge is 0.396 e. The number of aliphatic hydroxyl groups excluding tert-OH is 1. The van der Waals surface area contributed by atoms with Gasteiger partial charge in [-0.3, -0.25) is 0 Å². The molecule has 0 amide bonds. The van der Waals surface area contributed by atoms with Crippen LogP contribution in [0.15, 0.2) is 0 Å². The Morgan fingerprint density at radius 3 is 2.29 bits per heavy atom. The van der Waals surface area contributed by atoms with E-state index in [-0.39, 0.29) is 6.61 Å². The third-order valence-electron chi connectivity index (χ3n) is 1.17. The van der Waals surface area contributed by atoms with Crippen molar-refractivity contribution < 1.29 is 5.11 Å². The molecule has 0 radical (unpaired) electrons. The number of nitrogens with two attached hydrogens (primary N) is 1. The molecule has 0 fully saturated rings. The molecule has 2 heteroatoms. The second kappa shape index (κ2) is 4.09. The minimum atomic E-state index is 0.229. The predicted octanol–water partition coefficient (Wildman–Crippen LogP) is -0.0364. The lowest BCUT2D eigenvalue weighted by atomic mass is 10.1. The smallest absolute Gasteiger partial charge is 0.0471 e. The molecule has 7 heavy (non-hydrogen) atoms. The summed E-state index contributed by atoms with van der Waals surface area (Å²) in [6, 6.07) is 0. The van der Waals surface area contributed by atoms with Gasteiger partial charge < -0.3 is 10.8 Å². The highest BCUT2D eigenvalue weighted by Gasteiger charge is 1.97. The zero-order valence-corrected chi connectivity index (χ0v) is 4.72. The van der Waals surface area contributed by atoms with Gasteiger partial charge in [0.15, 0.2) is 0 Å². The van der Waals surface area contributed by atoms with E-state index >= 15 is 0 Å². The van der Waals surface area contributed by atoms with Crippen molar-refractivity contribution in [3.8, 4) is 0 Å². The molecule has 0 saturated heterocycles. The number of hydrogen-bond acceptors (Lipinski definition) is 2. The van der Waals surface area contributed by atoms with Crippen LogP contribution in [0.5, 0.6) is 0 Å². The molecule has 0 spiro atoms. The van der Waals surface area contributed by atoms with Crippen molar-refractivity contribution in [1.29, 1.82) is 0 Å².